The molecule has 0 aliphatic carbocycles. The van der Waals surface area contributed by atoms with Crippen LogP contribution >= 0.6 is 0 Å². The summed E-state index contributed by atoms with van der Waals surface area (Å²) in [7, 11) is 1.00. The number of benzene rings is 5. The van der Waals surface area contributed by atoms with Crippen molar-refractivity contribution in [1.82, 2.24) is 0 Å². The van der Waals surface area contributed by atoms with Crippen LogP contribution in [0.5, 0.6) is 0 Å². The molecule has 5 rings (SSSR count). The van der Waals surface area contributed by atoms with Crippen LogP contribution in [-0.2, 0) is 4.74 Å². The van der Waals surface area contributed by atoms with Crippen LogP contribution in [0.2, 0.25) is 0 Å². The Hall–Kier alpha value is -5.44. The fourth-order valence-electron chi connectivity index (χ4n) is 6.09. The Labute approximate surface area is 281 Å². The molecule has 0 unspecified atom stereocenters. The smallest absolute Gasteiger partial charge is 0.119 e. The molecular weight excluding hydrogens is 572 g/mol. The lowest BCUT2D eigenvalue weighted by Crippen LogP contribution is -1.96. The molecule has 2 heteroatoms. The van der Waals surface area contributed by atoms with E-state index in [2.05, 4.69) is 137 Å². The molecule has 1 N–H and O–H groups in total. The lowest BCUT2D eigenvalue weighted by atomic mass is 9.84. The van der Waals surface area contributed by atoms with Gasteiger partial charge in [0, 0.05) is 12.7 Å². The molecule has 0 radical (unpaired) electrons. The monoisotopic (exact) mass is 618 g/mol. The summed E-state index contributed by atoms with van der Waals surface area (Å²) in [5.74, 6) is 1.34. The number of fused-ring (bicyclic) bond motifs is 3. The van der Waals surface area contributed by atoms with E-state index in [4.69, 9.17) is 9.84 Å². The number of rotatable bonds is 9. The Morgan fingerprint density at radius 2 is 1.23 bits per heavy atom. The zero-order valence-corrected chi connectivity index (χ0v) is 28.4. The van der Waals surface area contributed by atoms with Crippen LogP contribution in [0.1, 0.15) is 38.8 Å². The summed E-state index contributed by atoms with van der Waals surface area (Å²) in [4.78, 5) is 0. The van der Waals surface area contributed by atoms with E-state index >= 15 is 0 Å². The van der Waals surface area contributed by atoms with Gasteiger partial charge in [-0.2, -0.15) is 0 Å². The Morgan fingerprint density at radius 1 is 0.681 bits per heavy atom. The Morgan fingerprint density at radius 3 is 1.85 bits per heavy atom. The molecule has 0 heterocycles. The van der Waals surface area contributed by atoms with Crippen molar-refractivity contribution in [3.8, 4) is 11.1 Å². The Balaban J connectivity index is 0.00000144. The molecule has 0 saturated carbocycles. The van der Waals surface area contributed by atoms with Gasteiger partial charge in [0.15, 0.2) is 0 Å². The van der Waals surface area contributed by atoms with Crippen LogP contribution < -0.4 is 0 Å². The lowest BCUT2D eigenvalue weighted by molar-refractivity contribution is 0.327. The third-order valence-corrected chi connectivity index (χ3v) is 7.90. The van der Waals surface area contributed by atoms with Crippen molar-refractivity contribution >= 4 is 43.5 Å². The molecule has 0 atom stereocenters. The molecule has 0 saturated heterocycles. The van der Waals surface area contributed by atoms with E-state index < -0.39 is 0 Å². The van der Waals surface area contributed by atoms with Crippen molar-refractivity contribution in [2.24, 2.45) is 0 Å². The first-order valence-electron chi connectivity index (χ1n) is 15.7. The number of hydrogen-bond donors (Lipinski definition) is 1. The maximum absolute atomic E-state index is 7.00. The molecule has 0 spiro atoms. The second-order valence-electron chi connectivity index (χ2n) is 10.5. The first kappa shape index (κ1) is 36.0. The highest BCUT2D eigenvalue weighted by Crippen LogP contribution is 2.44. The van der Waals surface area contributed by atoms with E-state index in [1.807, 2.05) is 45.1 Å². The van der Waals surface area contributed by atoms with Crippen molar-refractivity contribution in [3.05, 3.63) is 182 Å². The van der Waals surface area contributed by atoms with Crippen molar-refractivity contribution in [3.63, 3.8) is 0 Å². The van der Waals surface area contributed by atoms with Gasteiger partial charge in [-0.1, -0.05) is 129 Å². The summed E-state index contributed by atoms with van der Waals surface area (Å²) in [5.41, 5.74) is 7.66. The van der Waals surface area contributed by atoms with Gasteiger partial charge in [-0.3, -0.25) is 0 Å². The Kier molecular flexibility index (Phi) is 13.3. The van der Waals surface area contributed by atoms with Crippen molar-refractivity contribution < 1.29 is 9.84 Å². The second-order valence-corrected chi connectivity index (χ2v) is 10.5. The van der Waals surface area contributed by atoms with E-state index in [1.165, 1.54) is 38.1 Å². The largest absolute Gasteiger partial charge is 0.462 e. The van der Waals surface area contributed by atoms with Crippen LogP contribution in [0, 0.1) is 0 Å². The SMILES string of the molecule is C=C.C=C/C(=C(\C)OC(=C)/C=C\C)c1cccc2c(-c3cccc4ccccc34)c3cccc(/C(=C/C)C(=C)/C=C\C)c3cc12.CO. The van der Waals surface area contributed by atoms with E-state index in [0.717, 1.165) is 46.1 Å². The van der Waals surface area contributed by atoms with Crippen LogP contribution in [-0.4, -0.2) is 12.2 Å². The molecule has 0 aromatic heterocycles. The standard InChI is InChI=1S/C42H38O.C2H4.CH4O/c1-8-17-28(5)32(10-3)35-22-15-25-38-40(35)27-41-36(33(11-4)30(7)43-29(6)18-9-2)23-16-26-39(41)42(38)37-24-14-20-31-19-12-13-21-34(31)37;2*1-2/h8-27H,4-6H2,1-3,7H3;1-2H2;2H,1H3/b17-8-,18-9-,32-10+,33-30-;;. The van der Waals surface area contributed by atoms with E-state index in [-0.39, 0.29) is 0 Å². The normalized spacial score (nSPS) is 11.9. The van der Waals surface area contributed by atoms with Gasteiger partial charge in [-0.15, -0.1) is 13.2 Å². The highest BCUT2D eigenvalue weighted by Gasteiger charge is 2.19. The van der Waals surface area contributed by atoms with Gasteiger partial charge >= 0.3 is 0 Å². The van der Waals surface area contributed by atoms with E-state index in [9.17, 15) is 0 Å². The topological polar surface area (TPSA) is 29.5 Å². The molecule has 0 fully saturated rings. The quantitative estimate of drug-likeness (QED) is 0.0771. The van der Waals surface area contributed by atoms with Crippen LogP contribution in [0.25, 0.3) is 54.6 Å². The van der Waals surface area contributed by atoms with Gasteiger partial charge in [-0.25, -0.2) is 0 Å². The van der Waals surface area contributed by atoms with Crippen molar-refractivity contribution in [1.29, 1.82) is 0 Å². The molecule has 0 bridgehead atoms. The average molecular weight is 619 g/mol. The van der Waals surface area contributed by atoms with Gasteiger partial charge in [-0.05, 0) is 106 Å². The molecule has 0 aliphatic heterocycles. The molecule has 238 valence electrons. The molecule has 2 nitrogen and oxygen atoms in total. The van der Waals surface area contributed by atoms with Gasteiger partial charge in [0.2, 0.25) is 0 Å². The zero-order valence-electron chi connectivity index (χ0n) is 28.4. The Bertz CT molecular complexity index is 2040. The minimum absolute atomic E-state index is 0.587. The van der Waals surface area contributed by atoms with E-state index in [0.29, 0.717) is 5.76 Å². The second kappa shape index (κ2) is 17.3. The van der Waals surface area contributed by atoms with Gasteiger partial charge < -0.3 is 9.84 Å². The summed E-state index contributed by atoms with van der Waals surface area (Å²) < 4.78 is 6.14. The highest BCUT2D eigenvalue weighted by atomic mass is 16.5. The number of aliphatic hydroxyl groups is 1. The predicted molar refractivity (Wildman–Crippen MR) is 209 cm³/mol. The fourth-order valence-corrected chi connectivity index (χ4v) is 6.09. The van der Waals surface area contributed by atoms with Gasteiger partial charge in [0.1, 0.15) is 11.5 Å². The first-order valence-corrected chi connectivity index (χ1v) is 15.7. The molecule has 5 aromatic rings. The maximum atomic E-state index is 7.00. The number of hydrogen-bond acceptors (Lipinski definition) is 2. The van der Waals surface area contributed by atoms with Gasteiger partial charge in [0.25, 0.3) is 0 Å². The molecule has 5 aromatic carbocycles. The van der Waals surface area contributed by atoms with E-state index in [1.54, 1.807) is 0 Å². The maximum Gasteiger partial charge on any atom is 0.119 e. The van der Waals surface area contributed by atoms with Crippen molar-refractivity contribution in [2.75, 3.05) is 7.11 Å². The minimum Gasteiger partial charge on any atom is -0.462 e. The summed E-state index contributed by atoms with van der Waals surface area (Å²) in [6.45, 7) is 26.7. The third kappa shape index (κ3) is 7.52. The number of ether oxygens (including phenoxy) is 1. The molecule has 0 amide bonds. The fraction of sp³-hybridized carbons (Fsp3) is 0.111. The van der Waals surface area contributed by atoms with Crippen molar-refractivity contribution in [2.45, 2.75) is 27.7 Å². The average Bonchev–Trinajstić information content (AvgIpc) is 3.10. The molecule has 47 heavy (non-hydrogen) atoms. The summed E-state index contributed by atoms with van der Waals surface area (Å²) in [6.07, 6.45) is 11.9. The summed E-state index contributed by atoms with van der Waals surface area (Å²) in [6, 6.07) is 30.6. The van der Waals surface area contributed by atoms with Crippen LogP contribution in [0.4, 0.5) is 0 Å². The zero-order chi connectivity index (χ0) is 34.5. The molecule has 0 aliphatic rings. The number of allylic oxidation sites excluding steroid dienone is 10. The molecular formula is C45H46O2. The van der Waals surface area contributed by atoms with Crippen LogP contribution in [0.3, 0.4) is 0 Å². The predicted octanol–water partition coefficient (Wildman–Crippen LogP) is 12.8. The lowest BCUT2D eigenvalue weighted by Gasteiger charge is -2.20. The third-order valence-electron chi connectivity index (χ3n) is 7.90. The summed E-state index contributed by atoms with van der Waals surface area (Å²) >= 11 is 0. The van der Waals surface area contributed by atoms with Crippen LogP contribution in [0.15, 0.2) is 171 Å². The minimum atomic E-state index is 0.587. The van der Waals surface area contributed by atoms with Gasteiger partial charge in [0.05, 0.1) is 0 Å². The number of aliphatic hydroxyl groups excluding tert-OH is 1. The summed E-state index contributed by atoms with van der Waals surface area (Å²) in [5, 5.41) is 14.1. The highest BCUT2D eigenvalue weighted by molar-refractivity contribution is 6.20. The first-order chi connectivity index (χ1) is 22.9.